The van der Waals surface area contributed by atoms with E-state index in [1.54, 1.807) is 13.2 Å². The van der Waals surface area contributed by atoms with Crippen LogP contribution < -0.4 is 15.1 Å². The minimum Gasteiger partial charge on any atom is -0.493 e. The topological polar surface area (TPSA) is 51.9 Å². The van der Waals surface area contributed by atoms with Crippen LogP contribution in [0.25, 0.3) is 11.0 Å². The number of rotatable bonds is 9. The predicted molar refractivity (Wildman–Crippen MR) is 135 cm³/mol. The number of ether oxygens (including phenoxy) is 2. The van der Waals surface area contributed by atoms with E-state index in [0.717, 1.165) is 60.3 Å². The fourth-order valence-corrected chi connectivity index (χ4v) is 5.57. The number of nitrogens with zero attached hydrogens (tertiary/aromatic N) is 1. The summed E-state index contributed by atoms with van der Waals surface area (Å²) in [4.78, 5) is 14.8. The molecular formula is C29H35NO4. The van der Waals surface area contributed by atoms with Gasteiger partial charge in [-0.25, -0.2) is 4.79 Å². The highest BCUT2D eigenvalue weighted by atomic mass is 16.5. The van der Waals surface area contributed by atoms with Crippen LogP contribution in [0.15, 0.2) is 51.7 Å². The van der Waals surface area contributed by atoms with Crippen molar-refractivity contribution < 1.29 is 13.9 Å². The zero-order chi connectivity index (χ0) is 23.3. The van der Waals surface area contributed by atoms with Crippen molar-refractivity contribution in [3.05, 3.63) is 69.6 Å². The predicted octanol–water partition coefficient (Wildman–Crippen LogP) is 5.72. The van der Waals surface area contributed by atoms with Crippen molar-refractivity contribution in [3.63, 3.8) is 0 Å². The Hall–Kier alpha value is -2.79. The molecule has 1 saturated heterocycles. The van der Waals surface area contributed by atoms with Gasteiger partial charge in [0.05, 0.1) is 13.7 Å². The summed E-state index contributed by atoms with van der Waals surface area (Å²) < 4.78 is 17.2. The molecule has 0 amide bonds. The van der Waals surface area contributed by atoms with E-state index in [4.69, 9.17) is 13.9 Å². The molecule has 0 unspecified atom stereocenters. The molecule has 2 heterocycles. The van der Waals surface area contributed by atoms with Gasteiger partial charge in [-0.3, -0.25) is 0 Å². The second kappa shape index (κ2) is 10.6. The fourth-order valence-electron chi connectivity index (χ4n) is 5.57. The quantitative estimate of drug-likeness (QED) is 0.301. The van der Waals surface area contributed by atoms with Crippen molar-refractivity contribution in [1.29, 1.82) is 0 Å². The van der Waals surface area contributed by atoms with E-state index in [1.165, 1.54) is 44.5 Å². The van der Waals surface area contributed by atoms with Gasteiger partial charge in [0.15, 0.2) is 11.5 Å². The van der Waals surface area contributed by atoms with Gasteiger partial charge < -0.3 is 18.8 Å². The Balaban J connectivity index is 1.08. The van der Waals surface area contributed by atoms with Crippen molar-refractivity contribution in [2.24, 2.45) is 0 Å². The first-order chi connectivity index (χ1) is 16.7. The zero-order valence-corrected chi connectivity index (χ0v) is 20.2. The minimum absolute atomic E-state index is 0.208. The van der Waals surface area contributed by atoms with Crippen LogP contribution in [0.1, 0.15) is 61.1 Å². The maximum absolute atomic E-state index is 12.2. The Morgan fingerprint density at radius 2 is 1.76 bits per heavy atom. The summed E-state index contributed by atoms with van der Waals surface area (Å²) in [6.07, 6.45) is 8.63. The van der Waals surface area contributed by atoms with Gasteiger partial charge in [0.1, 0.15) is 5.58 Å². The third kappa shape index (κ3) is 5.00. The Bertz CT molecular complexity index is 1160. The molecule has 180 valence electrons. The van der Waals surface area contributed by atoms with Crippen LogP contribution in [0.5, 0.6) is 11.5 Å². The molecule has 1 fully saturated rings. The van der Waals surface area contributed by atoms with Gasteiger partial charge in [-0.1, -0.05) is 30.3 Å². The van der Waals surface area contributed by atoms with Crippen LogP contribution in [0.3, 0.4) is 0 Å². The second-order valence-electron chi connectivity index (χ2n) is 9.64. The molecule has 0 spiro atoms. The summed E-state index contributed by atoms with van der Waals surface area (Å²) in [7, 11) is 1.63. The third-order valence-corrected chi connectivity index (χ3v) is 7.49. The maximum Gasteiger partial charge on any atom is 0.339 e. The SMILES string of the molecule is COc1cc2oc(=O)c3c(c2cc1OCCCCCN1CCC(c2ccccc2)CC1)CCC3. The number of aryl methyl sites for hydroxylation is 1. The lowest BCUT2D eigenvalue weighted by Gasteiger charge is -2.32. The van der Waals surface area contributed by atoms with Crippen molar-refractivity contribution in [2.75, 3.05) is 33.4 Å². The largest absolute Gasteiger partial charge is 0.493 e. The van der Waals surface area contributed by atoms with Gasteiger partial charge in [0, 0.05) is 17.0 Å². The normalized spacial score (nSPS) is 16.6. The number of unbranched alkanes of at least 4 members (excludes halogenated alkanes) is 2. The van der Waals surface area contributed by atoms with E-state index in [-0.39, 0.29) is 5.63 Å². The van der Waals surface area contributed by atoms with Crippen LogP contribution in [-0.2, 0) is 12.8 Å². The van der Waals surface area contributed by atoms with E-state index >= 15 is 0 Å². The summed E-state index contributed by atoms with van der Waals surface area (Å²) in [6.45, 7) is 4.23. The molecule has 1 aromatic heterocycles. The molecule has 1 aliphatic heterocycles. The van der Waals surface area contributed by atoms with Crippen LogP contribution in [-0.4, -0.2) is 38.3 Å². The van der Waals surface area contributed by atoms with E-state index in [9.17, 15) is 4.79 Å². The van der Waals surface area contributed by atoms with Crippen molar-refractivity contribution in [1.82, 2.24) is 4.90 Å². The average Bonchev–Trinajstić information content (AvgIpc) is 3.38. The highest BCUT2D eigenvalue weighted by molar-refractivity contribution is 5.85. The molecule has 5 nitrogen and oxygen atoms in total. The van der Waals surface area contributed by atoms with Crippen LogP contribution in [0.2, 0.25) is 0 Å². The monoisotopic (exact) mass is 461 g/mol. The first-order valence-corrected chi connectivity index (χ1v) is 12.8. The third-order valence-electron chi connectivity index (χ3n) is 7.49. The summed E-state index contributed by atoms with van der Waals surface area (Å²) in [5.41, 5.74) is 3.83. The summed E-state index contributed by atoms with van der Waals surface area (Å²) in [5, 5.41) is 0.988. The minimum atomic E-state index is -0.208. The van der Waals surface area contributed by atoms with E-state index in [0.29, 0.717) is 17.9 Å². The molecule has 5 rings (SSSR count). The Labute approximate surface area is 201 Å². The molecule has 5 heteroatoms. The zero-order valence-electron chi connectivity index (χ0n) is 20.2. The molecule has 0 N–H and O–H groups in total. The molecule has 0 bridgehead atoms. The number of piperidine rings is 1. The summed E-state index contributed by atoms with van der Waals surface area (Å²) in [6, 6.07) is 14.7. The first kappa shape index (κ1) is 23.0. The van der Waals surface area contributed by atoms with Gasteiger partial charge in [-0.2, -0.15) is 0 Å². The van der Waals surface area contributed by atoms with Gasteiger partial charge in [-0.15, -0.1) is 0 Å². The van der Waals surface area contributed by atoms with E-state index in [1.807, 2.05) is 6.07 Å². The maximum atomic E-state index is 12.2. The van der Waals surface area contributed by atoms with Gasteiger partial charge in [0.25, 0.3) is 0 Å². The molecule has 3 aromatic rings. The lowest BCUT2D eigenvalue weighted by atomic mass is 9.89. The fraction of sp³-hybridized carbons (Fsp3) is 0.483. The number of likely N-dealkylation sites (tertiary alicyclic amines) is 1. The number of hydrogen-bond donors (Lipinski definition) is 0. The number of fused-ring (bicyclic) bond motifs is 3. The van der Waals surface area contributed by atoms with Crippen molar-refractivity contribution in [3.8, 4) is 11.5 Å². The Morgan fingerprint density at radius 1 is 0.971 bits per heavy atom. The molecule has 1 aliphatic carbocycles. The highest BCUT2D eigenvalue weighted by Gasteiger charge is 2.22. The van der Waals surface area contributed by atoms with Crippen LogP contribution in [0.4, 0.5) is 0 Å². The Morgan fingerprint density at radius 3 is 2.56 bits per heavy atom. The molecule has 2 aliphatic rings. The Kier molecular flexibility index (Phi) is 7.19. The van der Waals surface area contributed by atoms with Gasteiger partial charge in [0.2, 0.25) is 0 Å². The number of hydrogen-bond acceptors (Lipinski definition) is 5. The van der Waals surface area contributed by atoms with Crippen LogP contribution in [0, 0.1) is 0 Å². The van der Waals surface area contributed by atoms with Crippen molar-refractivity contribution >= 4 is 11.0 Å². The highest BCUT2D eigenvalue weighted by Crippen LogP contribution is 2.36. The number of methoxy groups -OCH3 is 1. The summed E-state index contributed by atoms with van der Waals surface area (Å²) >= 11 is 0. The molecule has 0 atom stereocenters. The van der Waals surface area contributed by atoms with Crippen molar-refractivity contribution in [2.45, 2.75) is 57.3 Å². The van der Waals surface area contributed by atoms with E-state index in [2.05, 4.69) is 35.2 Å². The smallest absolute Gasteiger partial charge is 0.339 e. The standard InChI is InChI=1S/C29H35NO4/c1-32-27-20-26-25(23-11-8-12-24(23)29(31)34-26)19-28(27)33-18-7-3-6-15-30-16-13-22(14-17-30)21-9-4-2-5-10-21/h2,4-5,9-10,19-20,22H,3,6-8,11-18H2,1H3. The number of benzene rings is 2. The van der Waals surface area contributed by atoms with Gasteiger partial charge in [-0.05, 0) is 94.1 Å². The van der Waals surface area contributed by atoms with Gasteiger partial charge >= 0.3 is 5.63 Å². The lowest BCUT2D eigenvalue weighted by molar-refractivity contribution is 0.205. The molecule has 0 radical (unpaired) electrons. The molecular weight excluding hydrogens is 426 g/mol. The summed E-state index contributed by atoms with van der Waals surface area (Å²) in [5.74, 6) is 2.08. The second-order valence-corrected chi connectivity index (χ2v) is 9.64. The molecule has 34 heavy (non-hydrogen) atoms. The first-order valence-electron chi connectivity index (χ1n) is 12.8. The molecule has 0 saturated carbocycles. The average molecular weight is 462 g/mol. The van der Waals surface area contributed by atoms with E-state index < -0.39 is 0 Å². The van der Waals surface area contributed by atoms with Crippen LogP contribution >= 0.6 is 0 Å². The molecule has 2 aromatic carbocycles. The lowest BCUT2D eigenvalue weighted by Crippen LogP contribution is -2.33.